The second kappa shape index (κ2) is 10.6. The quantitative estimate of drug-likeness (QED) is 0.394. The van der Waals surface area contributed by atoms with E-state index < -0.39 is 5.91 Å². The Bertz CT molecular complexity index is 829. The Hall–Kier alpha value is -1.87. The number of nitrogens with one attached hydrogen (secondary N) is 3. The summed E-state index contributed by atoms with van der Waals surface area (Å²) >= 11 is 3.61. The second-order valence-electron chi connectivity index (χ2n) is 8.53. The molecule has 0 aromatic carbocycles. The van der Waals surface area contributed by atoms with Gasteiger partial charge in [0.1, 0.15) is 11.8 Å². The lowest BCUT2D eigenvalue weighted by molar-refractivity contribution is -0.118. The van der Waals surface area contributed by atoms with Gasteiger partial charge in [0.25, 0.3) is 11.8 Å². The van der Waals surface area contributed by atoms with Crippen LogP contribution in [0.2, 0.25) is 0 Å². The number of hydrogen-bond acceptors (Lipinski definition) is 6. The standard InChI is InChI=1S/C22H33BrN4O4/c1-12-18(27-31-20(12)17-10-15(11-30-17)13(2)23)21(28)26-19(14(3)24-4)22(29)25-16-8-6-5-7-9-16/h13,15-17,24H,5-11H2,1-4H3,(H,25,29)(H,26,28)/b19-14+/t13-,15?,17-/m1/s1. The minimum Gasteiger partial charge on any atom is -0.390 e. The van der Waals surface area contributed by atoms with E-state index in [9.17, 15) is 9.59 Å². The van der Waals surface area contributed by atoms with Crippen molar-refractivity contribution < 1.29 is 18.8 Å². The molecule has 2 aliphatic rings. The van der Waals surface area contributed by atoms with Crippen molar-refractivity contribution in [3.05, 3.63) is 28.4 Å². The van der Waals surface area contributed by atoms with E-state index in [0.717, 1.165) is 32.1 Å². The van der Waals surface area contributed by atoms with Crippen LogP contribution in [0.25, 0.3) is 0 Å². The SMILES string of the molecule is CN/C(C)=C(/NC(=O)c1noc([C@H]2CC([C@@H](C)Br)CO2)c1C)C(=O)NC1CCCCC1. The maximum Gasteiger partial charge on any atom is 0.278 e. The van der Waals surface area contributed by atoms with Gasteiger partial charge in [0, 0.05) is 29.2 Å². The molecule has 1 saturated carbocycles. The largest absolute Gasteiger partial charge is 0.390 e. The van der Waals surface area contributed by atoms with Crippen molar-refractivity contribution in [2.75, 3.05) is 13.7 Å². The molecule has 9 heteroatoms. The number of allylic oxidation sites excluding steroid dienone is 1. The molecule has 2 amide bonds. The van der Waals surface area contributed by atoms with Gasteiger partial charge in [-0.3, -0.25) is 9.59 Å². The summed E-state index contributed by atoms with van der Waals surface area (Å²) in [6, 6.07) is 0.141. The number of aromatic nitrogens is 1. The molecular weight excluding hydrogens is 464 g/mol. The molecule has 0 bridgehead atoms. The van der Waals surface area contributed by atoms with E-state index >= 15 is 0 Å². The summed E-state index contributed by atoms with van der Waals surface area (Å²) < 4.78 is 11.4. The molecule has 3 atom stereocenters. The van der Waals surface area contributed by atoms with Gasteiger partial charge in [-0.05, 0) is 39.0 Å². The summed E-state index contributed by atoms with van der Waals surface area (Å²) in [4.78, 5) is 26.2. The van der Waals surface area contributed by atoms with E-state index in [1.807, 2.05) is 0 Å². The zero-order valence-corrected chi connectivity index (χ0v) is 20.3. The molecule has 3 N–H and O–H groups in total. The van der Waals surface area contributed by atoms with Gasteiger partial charge < -0.3 is 25.2 Å². The minimum atomic E-state index is -0.473. The topological polar surface area (TPSA) is 105 Å². The van der Waals surface area contributed by atoms with Crippen molar-refractivity contribution in [3.63, 3.8) is 0 Å². The van der Waals surface area contributed by atoms with Crippen LogP contribution in [0.15, 0.2) is 15.9 Å². The van der Waals surface area contributed by atoms with Crippen molar-refractivity contribution in [1.82, 2.24) is 21.1 Å². The first-order valence-corrected chi connectivity index (χ1v) is 12.0. The number of alkyl halides is 1. The van der Waals surface area contributed by atoms with Crippen LogP contribution in [-0.4, -0.2) is 41.5 Å². The predicted molar refractivity (Wildman–Crippen MR) is 121 cm³/mol. The van der Waals surface area contributed by atoms with Crippen molar-refractivity contribution in [3.8, 4) is 0 Å². The molecule has 1 saturated heterocycles. The average Bonchev–Trinajstić information content (AvgIpc) is 3.38. The van der Waals surface area contributed by atoms with Crippen LogP contribution in [-0.2, 0) is 9.53 Å². The summed E-state index contributed by atoms with van der Waals surface area (Å²) in [5.74, 6) is 0.187. The lowest BCUT2D eigenvalue weighted by atomic mass is 9.95. The number of carbonyl (C=O) groups excluding carboxylic acids is 2. The van der Waals surface area contributed by atoms with Gasteiger partial charge >= 0.3 is 0 Å². The second-order valence-corrected chi connectivity index (χ2v) is 9.97. The third-order valence-electron chi connectivity index (χ3n) is 6.30. The highest BCUT2D eigenvalue weighted by atomic mass is 79.9. The number of halogens is 1. The van der Waals surface area contributed by atoms with E-state index in [2.05, 4.69) is 44.0 Å². The molecule has 1 aliphatic carbocycles. The Morgan fingerprint density at radius 2 is 1.94 bits per heavy atom. The van der Waals surface area contributed by atoms with Crippen molar-refractivity contribution in [1.29, 1.82) is 0 Å². The number of ether oxygens (including phenoxy) is 1. The maximum absolute atomic E-state index is 13.0. The lowest BCUT2D eigenvalue weighted by Gasteiger charge is -2.24. The molecule has 2 heterocycles. The highest BCUT2D eigenvalue weighted by Gasteiger charge is 2.35. The van der Waals surface area contributed by atoms with E-state index in [4.69, 9.17) is 9.26 Å². The number of nitrogens with zero attached hydrogens (tertiary/aromatic N) is 1. The van der Waals surface area contributed by atoms with Gasteiger partial charge in [-0.15, -0.1) is 0 Å². The maximum atomic E-state index is 13.0. The van der Waals surface area contributed by atoms with Gasteiger partial charge in [-0.2, -0.15) is 0 Å². The van der Waals surface area contributed by atoms with Gasteiger partial charge in [-0.25, -0.2) is 0 Å². The molecule has 31 heavy (non-hydrogen) atoms. The van der Waals surface area contributed by atoms with Crippen LogP contribution in [0.4, 0.5) is 0 Å². The Morgan fingerprint density at radius 1 is 1.23 bits per heavy atom. The zero-order valence-electron chi connectivity index (χ0n) is 18.7. The number of carbonyl (C=O) groups is 2. The third kappa shape index (κ3) is 5.68. The number of hydrogen-bond donors (Lipinski definition) is 3. The summed E-state index contributed by atoms with van der Waals surface area (Å²) in [5.41, 5.74) is 1.59. The first-order valence-electron chi connectivity index (χ1n) is 11.0. The van der Waals surface area contributed by atoms with Gasteiger partial charge in [0.15, 0.2) is 11.5 Å². The number of amides is 2. The van der Waals surface area contributed by atoms with E-state index in [1.165, 1.54) is 6.42 Å². The minimum absolute atomic E-state index is 0.141. The molecule has 172 valence electrons. The normalized spacial score (nSPS) is 23.8. The van der Waals surface area contributed by atoms with Crippen LogP contribution in [0, 0.1) is 12.8 Å². The third-order valence-corrected chi connectivity index (χ3v) is 7.05. The van der Waals surface area contributed by atoms with E-state index in [0.29, 0.717) is 34.4 Å². The summed E-state index contributed by atoms with van der Waals surface area (Å²) in [5, 5.41) is 12.7. The van der Waals surface area contributed by atoms with E-state index in [1.54, 1.807) is 20.9 Å². The van der Waals surface area contributed by atoms with Crippen LogP contribution < -0.4 is 16.0 Å². The smallest absolute Gasteiger partial charge is 0.278 e. The lowest BCUT2D eigenvalue weighted by Crippen LogP contribution is -2.42. The molecule has 1 unspecified atom stereocenters. The molecule has 1 aliphatic heterocycles. The Morgan fingerprint density at radius 3 is 2.55 bits per heavy atom. The molecule has 8 nitrogen and oxygen atoms in total. The molecule has 1 aromatic heterocycles. The van der Waals surface area contributed by atoms with Crippen LogP contribution >= 0.6 is 15.9 Å². The Labute approximate surface area is 192 Å². The summed E-state index contributed by atoms with van der Waals surface area (Å²) in [7, 11) is 1.72. The van der Waals surface area contributed by atoms with Crippen molar-refractivity contribution in [2.24, 2.45) is 5.92 Å². The Kier molecular flexibility index (Phi) is 8.16. The molecule has 2 fully saturated rings. The molecule has 3 rings (SSSR count). The molecule has 0 radical (unpaired) electrons. The van der Waals surface area contributed by atoms with Crippen molar-refractivity contribution >= 4 is 27.7 Å². The van der Waals surface area contributed by atoms with Gasteiger partial charge in [0.05, 0.1) is 6.61 Å². The number of rotatable bonds is 7. The van der Waals surface area contributed by atoms with Gasteiger partial charge in [0.2, 0.25) is 0 Å². The highest BCUT2D eigenvalue weighted by Crippen LogP contribution is 2.37. The predicted octanol–water partition coefficient (Wildman–Crippen LogP) is 3.47. The van der Waals surface area contributed by atoms with Crippen molar-refractivity contribution in [2.45, 2.75) is 76.3 Å². The first-order chi connectivity index (χ1) is 14.8. The van der Waals surface area contributed by atoms with E-state index in [-0.39, 0.29) is 29.4 Å². The first kappa shape index (κ1) is 23.8. The molecular formula is C22H33BrN4O4. The van der Waals surface area contributed by atoms with Crippen LogP contribution in [0.5, 0.6) is 0 Å². The van der Waals surface area contributed by atoms with Crippen LogP contribution in [0.1, 0.15) is 80.3 Å². The van der Waals surface area contributed by atoms with Gasteiger partial charge in [-0.1, -0.05) is 47.3 Å². The van der Waals surface area contributed by atoms with Crippen LogP contribution in [0.3, 0.4) is 0 Å². The molecule has 0 spiro atoms. The highest BCUT2D eigenvalue weighted by molar-refractivity contribution is 9.09. The average molecular weight is 497 g/mol. The fourth-order valence-corrected chi connectivity index (χ4v) is 4.51. The Balaban J connectivity index is 1.71. The molecule has 1 aromatic rings. The monoisotopic (exact) mass is 496 g/mol. The summed E-state index contributed by atoms with van der Waals surface area (Å²) in [6.45, 7) is 6.28. The zero-order chi connectivity index (χ0) is 22.5. The fourth-order valence-electron chi connectivity index (χ4n) is 4.14. The summed E-state index contributed by atoms with van der Waals surface area (Å²) in [6.07, 6.45) is 5.94. The fraction of sp³-hybridized carbons (Fsp3) is 0.682.